The van der Waals surface area contributed by atoms with E-state index in [0.717, 1.165) is 5.56 Å². The Labute approximate surface area is 167 Å². The number of benzene rings is 2. The van der Waals surface area contributed by atoms with Crippen molar-refractivity contribution in [2.75, 3.05) is 13.2 Å². The topological polar surface area (TPSA) is 90.1 Å². The molecule has 0 aliphatic carbocycles. The first-order valence-electron chi connectivity index (χ1n) is 9.03. The molecule has 0 saturated heterocycles. The maximum atomic E-state index is 11.7. The lowest BCUT2D eigenvalue weighted by atomic mass is 10.1. The lowest BCUT2D eigenvalue weighted by molar-refractivity contribution is -0.123. The van der Waals surface area contributed by atoms with Crippen molar-refractivity contribution in [3.05, 3.63) is 78.1 Å². The van der Waals surface area contributed by atoms with Gasteiger partial charge in [0.25, 0.3) is 5.91 Å². The summed E-state index contributed by atoms with van der Waals surface area (Å²) in [7, 11) is 0. The summed E-state index contributed by atoms with van der Waals surface area (Å²) in [5.41, 5.74) is 3.66. The van der Waals surface area contributed by atoms with Gasteiger partial charge in [-0.15, -0.1) is 0 Å². The molecule has 0 aliphatic heterocycles. The number of carbonyl (C=O) groups is 2. The predicted molar refractivity (Wildman–Crippen MR) is 108 cm³/mol. The van der Waals surface area contributed by atoms with Crippen LogP contribution in [0.4, 0.5) is 0 Å². The van der Waals surface area contributed by atoms with Crippen LogP contribution in [0.5, 0.6) is 5.75 Å². The molecule has 7 nitrogen and oxygen atoms in total. The van der Waals surface area contributed by atoms with Crippen LogP contribution in [-0.2, 0) is 9.53 Å². The highest BCUT2D eigenvalue weighted by Gasteiger charge is 2.08. The average Bonchev–Trinajstić information content (AvgIpc) is 3.22. The van der Waals surface area contributed by atoms with Gasteiger partial charge in [-0.1, -0.05) is 30.3 Å². The summed E-state index contributed by atoms with van der Waals surface area (Å²) >= 11 is 0. The second kappa shape index (κ2) is 9.89. The minimum absolute atomic E-state index is 0.141. The van der Waals surface area contributed by atoms with Gasteiger partial charge in [-0.2, -0.15) is 5.10 Å². The van der Waals surface area contributed by atoms with Gasteiger partial charge in [0.2, 0.25) is 0 Å². The second-order valence-corrected chi connectivity index (χ2v) is 5.89. The number of nitrogens with one attached hydrogen (secondary N) is 1. The van der Waals surface area contributed by atoms with Crippen molar-refractivity contribution in [3.8, 4) is 17.1 Å². The van der Waals surface area contributed by atoms with E-state index in [-0.39, 0.29) is 18.5 Å². The summed E-state index contributed by atoms with van der Waals surface area (Å²) in [5, 5.41) is 3.86. The Morgan fingerprint density at radius 2 is 1.79 bits per heavy atom. The highest BCUT2D eigenvalue weighted by atomic mass is 16.5. The Bertz CT molecular complexity index is 978. The molecule has 0 atom stereocenters. The van der Waals surface area contributed by atoms with Crippen LogP contribution in [0.2, 0.25) is 0 Å². The van der Waals surface area contributed by atoms with E-state index < -0.39 is 0 Å². The van der Waals surface area contributed by atoms with E-state index in [0.29, 0.717) is 29.4 Å². The zero-order valence-electron chi connectivity index (χ0n) is 15.8. The van der Waals surface area contributed by atoms with Crippen molar-refractivity contribution in [2.45, 2.75) is 6.92 Å². The van der Waals surface area contributed by atoms with Crippen molar-refractivity contribution < 1.29 is 23.5 Å². The lowest BCUT2D eigenvalue weighted by Crippen LogP contribution is -2.24. The van der Waals surface area contributed by atoms with Crippen LogP contribution < -0.4 is 10.2 Å². The Kier molecular flexibility index (Phi) is 6.78. The van der Waals surface area contributed by atoms with E-state index in [2.05, 4.69) is 10.5 Å². The number of carbonyl (C=O) groups excluding carboxylic acids is 2. The van der Waals surface area contributed by atoms with Gasteiger partial charge >= 0.3 is 5.97 Å². The third kappa shape index (κ3) is 5.80. The summed E-state index contributed by atoms with van der Waals surface area (Å²) in [5.74, 6) is 0.945. The van der Waals surface area contributed by atoms with Crippen LogP contribution >= 0.6 is 0 Å². The van der Waals surface area contributed by atoms with Crippen molar-refractivity contribution in [1.29, 1.82) is 0 Å². The second-order valence-electron chi connectivity index (χ2n) is 5.89. The quantitative estimate of drug-likeness (QED) is 0.359. The number of hydrazone groups is 1. The number of hydrogen-bond acceptors (Lipinski definition) is 6. The lowest BCUT2D eigenvalue weighted by Gasteiger charge is -2.03. The molecule has 1 amide bonds. The molecule has 1 aromatic heterocycles. The molecule has 0 spiro atoms. The molecule has 2 aromatic carbocycles. The molecule has 3 rings (SSSR count). The van der Waals surface area contributed by atoms with E-state index >= 15 is 0 Å². The van der Waals surface area contributed by atoms with Crippen molar-refractivity contribution in [2.24, 2.45) is 5.10 Å². The SMILES string of the molecule is CCOC(=O)c1ccc(-c2ccc(/C=N\NC(=O)COc3ccccc3)o2)cc1. The van der Waals surface area contributed by atoms with Crippen LogP contribution in [0.15, 0.2) is 76.2 Å². The van der Waals surface area contributed by atoms with Gasteiger partial charge < -0.3 is 13.9 Å². The van der Waals surface area contributed by atoms with E-state index in [1.165, 1.54) is 6.21 Å². The summed E-state index contributed by atoms with van der Waals surface area (Å²) in [4.78, 5) is 23.4. The molecule has 3 aromatic rings. The summed E-state index contributed by atoms with van der Waals surface area (Å²) in [6.07, 6.45) is 1.40. The monoisotopic (exact) mass is 392 g/mol. The third-order valence-electron chi connectivity index (χ3n) is 3.80. The number of hydrogen-bond donors (Lipinski definition) is 1. The Balaban J connectivity index is 1.52. The van der Waals surface area contributed by atoms with Crippen LogP contribution in [-0.4, -0.2) is 31.3 Å². The molecule has 0 radical (unpaired) electrons. The van der Waals surface area contributed by atoms with Crippen LogP contribution in [0.25, 0.3) is 11.3 Å². The minimum atomic E-state index is -0.383. The van der Waals surface area contributed by atoms with Gasteiger partial charge in [0, 0.05) is 5.56 Å². The molecule has 29 heavy (non-hydrogen) atoms. The number of amides is 1. The van der Waals surface area contributed by atoms with Gasteiger partial charge in [-0.3, -0.25) is 4.79 Å². The molecular formula is C22H20N2O5. The predicted octanol–water partition coefficient (Wildman–Crippen LogP) is 3.65. The molecule has 0 saturated carbocycles. The molecule has 0 fully saturated rings. The zero-order chi connectivity index (χ0) is 20.5. The van der Waals surface area contributed by atoms with Gasteiger partial charge in [-0.25, -0.2) is 10.2 Å². The minimum Gasteiger partial charge on any atom is -0.484 e. The molecular weight excluding hydrogens is 372 g/mol. The Hall–Kier alpha value is -3.87. The zero-order valence-corrected chi connectivity index (χ0v) is 15.8. The van der Waals surface area contributed by atoms with Gasteiger partial charge in [0.05, 0.1) is 18.4 Å². The van der Waals surface area contributed by atoms with Crippen molar-refractivity contribution in [3.63, 3.8) is 0 Å². The maximum Gasteiger partial charge on any atom is 0.338 e. The number of esters is 1. The molecule has 148 valence electrons. The third-order valence-corrected chi connectivity index (χ3v) is 3.80. The van der Waals surface area contributed by atoms with Crippen molar-refractivity contribution in [1.82, 2.24) is 5.43 Å². The molecule has 0 bridgehead atoms. The summed E-state index contributed by atoms with van der Waals surface area (Å²) in [6, 6.07) is 19.4. The number of rotatable bonds is 8. The molecule has 0 unspecified atom stereocenters. The van der Waals surface area contributed by atoms with Crippen LogP contribution in [0, 0.1) is 0 Å². The molecule has 0 aliphatic rings. The fraction of sp³-hybridized carbons (Fsp3) is 0.136. The average molecular weight is 392 g/mol. The fourth-order valence-electron chi connectivity index (χ4n) is 2.43. The van der Waals surface area contributed by atoms with Gasteiger partial charge in [0.1, 0.15) is 17.3 Å². The Morgan fingerprint density at radius 3 is 2.52 bits per heavy atom. The molecule has 1 N–H and O–H groups in total. The maximum absolute atomic E-state index is 11.7. The normalized spacial score (nSPS) is 10.7. The summed E-state index contributed by atoms with van der Waals surface area (Å²) < 4.78 is 16.0. The molecule has 7 heteroatoms. The number of furan rings is 1. The number of ether oxygens (including phenoxy) is 2. The van der Waals surface area contributed by atoms with Gasteiger partial charge in [-0.05, 0) is 43.3 Å². The van der Waals surface area contributed by atoms with Gasteiger partial charge in [0.15, 0.2) is 6.61 Å². The van der Waals surface area contributed by atoms with Crippen LogP contribution in [0.1, 0.15) is 23.0 Å². The first-order valence-corrected chi connectivity index (χ1v) is 9.03. The highest BCUT2D eigenvalue weighted by molar-refractivity contribution is 5.90. The van der Waals surface area contributed by atoms with Crippen LogP contribution in [0.3, 0.4) is 0 Å². The standard InChI is InChI=1S/C22H20N2O5/c1-2-27-22(26)17-10-8-16(9-11-17)20-13-12-19(29-20)14-23-24-21(25)15-28-18-6-4-3-5-7-18/h3-14H,2,15H2,1H3,(H,24,25)/b23-14-. The van der Waals surface area contributed by atoms with E-state index in [1.54, 1.807) is 55.5 Å². The van der Waals surface area contributed by atoms with E-state index in [1.807, 2.05) is 18.2 Å². The highest BCUT2D eigenvalue weighted by Crippen LogP contribution is 2.22. The smallest absolute Gasteiger partial charge is 0.338 e. The number of nitrogens with zero attached hydrogens (tertiary/aromatic N) is 1. The molecule has 1 heterocycles. The largest absolute Gasteiger partial charge is 0.484 e. The Morgan fingerprint density at radius 1 is 1.03 bits per heavy atom. The summed E-state index contributed by atoms with van der Waals surface area (Å²) in [6.45, 7) is 1.95. The first-order chi connectivity index (χ1) is 14.2. The van der Waals surface area contributed by atoms with Crippen molar-refractivity contribution >= 4 is 18.1 Å². The van der Waals surface area contributed by atoms with E-state index in [4.69, 9.17) is 13.9 Å². The fourth-order valence-corrected chi connectivity index (χ4v) is 2.43. The first kappa shape index (κ1) is 19.9. The number of para-hydroxylation sites is 1. The van der Waals surface area contributed by atoms with E-state index in [9.17, 15) is 9.59 Å².